The fourth-order valence-corrected chi connectivity index (χ4v) is 1.74. The quantitative estimate of drug-likeness (QED) is 0.706. The van der Waals surface area contributed by atoms with E-state index in [1.807, 2.05) is 6.92 Å². The van der Waals surface area contributed by atoms with Crippen LogP contribution in [0.1, 0.15) is 12.5 Å². The lowest BCUT2D eigenvalue weighted by atomic mass is 10.2. The van der Waals surface area contributed by atoms with Crippen LogP contribution in [0.4, 0.5) is 0 Å². The van der Waals surface area contributed by atoms with Gasteiger partial charge in [-0.25, -0.2) is 0 Å². The summed E-state index contributed by atoms with van der Waals surface area (Å²) in [7, 11) is -4.10. The highest BCUT2D eigenvalue weighted by atomic mass is 32.2. The number of aryl methyl sites for hydroxylation is 1. The molecule has 0 bridgehead atoms. The molecule has 1 aromatic rings. The summed E-state index contributed by atoms with van der Waals surface area (Å²) in [5, 5.41) is 0. The predicted molar refractivity (Wildman–Crippen MR) is 44.5 cm³/mol. The minimum absolute atomic E-state index is 0.118. The Bertz CT molecular complexity index is 368. The largest absolute Gasteiger partial charge is 0.295 e. The lowest BCUT2D eigenvalue weighted by molar-refractivity contribution is 0.482. The van der Waals surface area contributed by atoms with Gasteiger partial charge in [0, 0.05) is 6.07 Å². The summed E-state index contributed by atoms with van der Waals surface area (Å²) < 4.78 is 30.2. The predicted octanol–water partition coefficient (Wildman–Crippen LogP) is 1.30. The van der Waals surface area contributed by atoms with E-state index >= 15 is 0 Å². The fourth-order valence-electron chi connectivity index (χ4n) is 0.975. The number of hydrogen-bond donors (Lipinski definition) is 1. The van der Waals surface area contributed by atoms with Gasteiger partial charge in [0.1, 0.15) is 4.90 Å². The van der Waals surface area contributed by atoms with Gasteiger partial charge in [0.15, 0.2) is 0 Å². The smallest absolute Gasteiger partial charge is 0.282 e. The first-order chi connectivity index (χ1) is 5.55. The van der Waals surface area contributed by atoms with E-state index in [9.17, 15) is 8.42 Å². The summed E-state index contributed by atoms with van der Waals surface area (Å²) in [4.78, 5) is -0.118. The van der Waals surface area contributed by atoms with Crippen LogP contribution in [0.15, 0.2) is 23.1 Å². The Morgan fingerprint density at radius 3 is 2.67 bits per heavy atom. The molecule has 1 N–H and O–H groups in total. The van der Waals surface area contributed by atoms with Crippen molar-refractivity contribution in [2.45, 2.75) is 18.2 Å². The minimum atomic E-state index is -4.10. The van der Waals surface area contributed by atoms with E-state index in [1.54, 1.807) is 12.1 Å². The average molecular weight is 185 g/mol. The zero-order valence-corrected chi connectivity index (χ0v) is 7.43. The molecule has 0 fully saturated rings. The Morgan fingerprint density at radius 1 is 1.58 bits per heavy atom. The maximum atomic E-state index is 10.7. The molecular formula is C8H9O3S. The molecule has 1 aromatic carbocycles. The van der Waals surface area contributed by atoms with Crippen LogP contribution in [0.25, 0.3) is 0 Å². The molecule has 0 saturated heterocycles. The van der Waals surface area contributed by atoms with E-state index in [0.29, 0.717) is 12.0 Å². The fraction of sp³-hybridized carbons (Fsp3) is 0.250. The molecule has 3 nitrogen and oxygen atoms in total. The molecule has 0 aromatic heterocycles. The van der Waals surface area contributed by atoms with Crippen molar-refractivity contribution < 1.29 is 13.0 Å². The lowest BCUT2D eigenvalue weighted by Gasteiger charge is -2.01. The molecule has 4 heteroatoms. The Kier molecular flexibility index (Phi) is 2.49. The maximum absolute atomic E-state index is 10.7. The summed E-state index contributed by atoms with van der Waals surface area (Å²) in [6, 6.07) is 7.29. The van der Waals surface area contributed by atoms with Gasteiger partial charge in [-0.05, 0) is 12.0 Å². The lowest BCUT2D eigenvalue weighted by Crippen LogP contribution is -2.02. The highest BCUT2D eigenvalue weighted by molar-refractivity contribution is 7.85. The molecule has 0 atom stereocenters. The molecule has 0 aliphatic rings. The monoisotopic (exact) mass is 185 g/mol. The van der Waals surface area contributed by atoms with Gasteiger partial charge >= 0.3 is 0 Å². The van der Waals surface area contributed by atoms with Crippen molar-refractivity contribution in [3.05, 3.63) is 29.8 Å². The van der Waals surface area contributed by atoms with Gasteiger partial charge in [0.25, 0.3) is 10.1 Å². The number of benzene rings is 1. The third-order valence-electron chi connectivity index (χ3n) is 1.54. The SMILES string of the molecule is CCc1ccc[c]c1S(=O)(=O)O. The second kappa shape index (κ2) is 3.25. The highest BCUT2D eigenvalue weighted by Gasteiger charge is 2.12. The summed E-state index contributed by atoms with van der Waals surface area (Å²) in [6.45, 7) is 1.82. The van der Waals surface area contributed by atoms with E-state index < -0.39 is 10.1 Å². The van der Waals surface area contributed by atoms with Crippen LogP contribution in [-0.2, 0) is 16.5 Å². The first-order valence-corrected chi connectivity index (χ1v) is 4.96. The highest BCUT2D eigenvalue weighted by Crippen LogP contribution is 2.14. The van der Waals surface area contributed by atoms with Crippen LogP contribution in [0, 0.1) is 6.07 Å². The first kappa shape index (κ1) is 9.22. The summed E-state index contributed by atoms with van der Waals surface area (Å²) >= 11 is 0. The molecule has 0 saturated carbocycles. The van der Waals surface area contributed by atoms with Crippen LogP contribution < -0.4 is 0 Å². The Labute approximate surface area is 71.8 Å². The number of hydrogen-bond acceptors (Lipinski definition) is 2. The van der Waals surface area contributed by atoms with Crippen LogP contribution in [-0.4, -0.2) is 13.0 Å². The average Bonchev–Trinajstić information content (AvgIpc) is 2.03. The van der Waals surface area contributed by atoms with Gasteiger partial charge in [-0.2, -0.15) is 8.42 Å². The van der Waals surface area contributed by atoms with Crippen molar-refractivity contribution in [1.82, 2.24) is 0 Å². The molecule has 0 amide bonds. The van der Waals surface area contributed by atoms with Crippen molar-refractivity contribution in [3.8, 4) is 0 Å². The molecule has 0 unspecified atom stereocenters. The standard InChI is InChI=1S/C8H9O3S/c1-2-7-5-3-4-6-8(7)12(9,10)11/h3-5H,2H2,1H3,(H,9,10,11). The topological polar surface area (TPSA) is 54.4 Å². The van der Waals surface area contributed by atoms with Crippen molar-refractivity contribution in [1.29, 1.82) is 0 Å². The molecule has 0 aliphatic carbocycles. The van der Waals surface area contributed by atoms with Crippen molar-refractivity contribution in [3.63, 3.8) is 0 Å². The van der Waals surface area contributed by atoms with Gasteiger partial charge in [-0.1, -0.05) is 25.1 Å². The Morgan fingerprint density at radius 2 is 2.25 bits per heavy atom. The molecule has 12 heavy (non-hydrogen) atoms. The Balaban J connectivity index is 3.33. The summed E-state index contributed by atoms with van der Waals surface area (Å²) in [6.07, 6.45) is 0.562. The van der Waals surface area contributed by atoms with Gasteiger partial charge < -0.3 is 0 Å². The van der Waals surface area contributed by atoms with E-state index in [-0.39, 0.29) is 4.90 Å². The minimum Gasteiger partial charge on any atom is -0.282 e. The van der Waals surface area contributed by atoms with Crippen LogP contribution >= 0.6 is 0 Å². The normalized spacial score (nSPS) is 11.5. The third-order valence-corrected chi connectivity index (χ3v) is 2.43. The van der Waals surface area contributed by atoms with Crippen molar-refractivity contribution in [2.24, 2.45) is 0 Å². The zero-order valence-electron chi connectivity index (χ0n) is 6.61. The molecular weight excluding hydrogens is 176 g/mol. The maximum Gasteiger partial charge on any atom is 0.295 e. The van der Waals surface area contributed by atoms with Crippen molar-refractivity contribution in [2.75, 3.05) is 0 Å². The molecule has 0 spiro atoms. The van der Waals surface area contributed by atoms with E-state index in [1.165, 1.54) is 6.07 Å². The van der Waals surface area contributed by atoms with Gasteiger partial charge in [0.2, 0.25) is 0 Å². The van der Waals surface area contributed by atoms with E-state index in [0.717, 1.165) is 0 Å². The van der Waals surface area contributed by atoms with Crippen molar-refractivity contribution >= 4 is 10.1 Å². The van der Waals surface area contributed by atoms with E-state index in [2.05, 4.69) is 6.07 Å². The molecule has 1 rings (SSSR count). The van der Waals surface area contributed by atoms with Gasteiger partial charge in [0.05, 0.1) is 0 Å². The van der Waals surface area contributed by atoms with E-state index in [4.69, 9.17) is 4.55 Å². The molecule has 65 valence electrons. The van der Waals surface area contributed by atoms with Gasteiger partial charge in [-0.15, -0.1) is 0 Å². The summed E-state index contributed by atoms with van der Waals surface area (Å²) in [5.74, 6) is 0. The molecule has 1 radical (unpaired) electrons. The zero-order chi connectivity index (χ0) is 9.19. The van der Waals surface area contributed by atoms with Gasteiger partial charge in [-0.3, -0.25) is 4.55 Å². The first-order valence-electron chi connectivity index (χ1n) is 3.52. The third kappa shape index (κ3) is 1.84. The molecule has 0 heterocycles. The number of rotatable bonds is 2. The Hall–Kier alpha value is -0.870. The second-order valence-electron chi connectivity index (χ2n) is 2.35. The second-order valence-corrected chi connectivity index (χ2v) is 3.71. The van der Waals surface area contributed by atoms with Crippen LogP contribution in [0.5, 0.6) is 0 Å². The van der Waals surface area contributed by atoms with Crippen LogP contribution in [0.3, 0.4) is 0 Å². The molecule has 0 aliphatic heterocycles. The van der Waals surface area contributed by atoms with Crippen LogP contribution in [0.2, 0.25) is 0 Å². The summed E-state index contributed by atoms with van der Waals surface area (Å²) in [5.41, 5.74) is 0.583.